The number of nitrogens with one attached hydrogen (secondary N) is 2. The average Bonchev–Trinajstić information content (AvgIpc) is 3.25. The molecular formula is C23H31ClN7O5P. The van der Waals surface area contributed by atoms with Gasteiger partial charge in [-0.05, 0) is 51.5 Å². The van der Waals surface area contributed by atoms with Gasteiger partial charge in [-0.1, -0.05) is 18.5 Å². The van der Waals surface area contributed by atoms with Crippen LogP contribution < -0.4 is 15.9 Å². The summed E-state index contributed by atoms with van der Waals surface area (Å²) in [4.78, 5) is 37.8. The number of carbonyl (C=O) groups is 2. The second-order valence-corrected chi connectivity index (χ2v) is 11.6. The normalized spacial score (nSPS) is 14.2. The van der Waals surface area contributed by atoms with E-state index in [-0.39, 0.29) is 18.0 Å². The largest absolute Gasteiger partial charge is 0.464 e. The topological polar surface area (TPSA) is 163 Å². The second kappa shape index (κ2) is 12.0. The molecule has 2 aromatic heterocycles. The number of fused-ring (bicyclic) bond motifs is 1. The lowest BCUT2D eigenvalue weighted by Gasteiger charge is -2.31. The highest BCUT2D eigenvalue weighted by Gasteiger charge is 2.39. The lowest BCUT2D eigenvalue weighted by molar-refractivity contribution is -0.149. The molecule has 2 heterocycles. The minimum absolute atomic E-state index is 0.214. The van der Waals surface area contributed by atoms with Crippen molar-refractivity contribution < 1.29 is 23.6 Å². The Hall–Kier alpha value is -3.05. The van der Waals surface area contributed by atoms with Gasteiger partial charge in [0.2, 0.25) is 0 Å². The summed E-state index contributed by atoms with van der Waals surface area (Å²) in [6, 6.07) is 6.10. The molecule has 0 saturated heterocycles. The molecule has 3 aromatic rings. The van der Waals surface area contributed by atoms with Crippen LogP contribution in [0.5, 0.6) is 0 Å². The van der Waals surface area contributed by atoms with Gasteiger partial charge in [-0.25, -0.2) is 20.0 Å². The lowest BCUT2D eigenvalue weighted by atomic mass is 10.1. The number of nitrogens with zero attached hydrogens (tertiary/aromatic N) is 4. The minimum atomic E-state index is -3.84. The van der Waals surface area contributed by atoms with Crippen molar-refractivity contribution in [2.75, 3.05) is 18.7 Å². The number of imidazole rings is 1. The van der Waals surface area contributed by atoms with Crippen LogP contribution in [0.2, 0.25) is 5.02 Å². The van der Waals surface area contributed by atoms with Gasteiger partial charge in [-0.3, -0.25) is 19.2 Å². The van der Waals surface area contributed by atoms with Crippen molar-refractivity contribution in [3.8, 4) is 0 Å². The molecular weight excluding hydrogens is 521 g/mol. The first-order valence-corrected chi connectivity index (χ1v) is 13.9. The fourth-order valence-corrected chi connectivity index (χ4v) is 5.62. The Balaban J connectivity index is 1.76. The number of anilines is 1. The summed E-state index contributed by atoms with van der Waals surface area (Å²) in [5.41, 5.74) is 5.70. The van der Waals surface area contributed by atoms with E-state index in [1.165, 1.54) is 32.3 Å². The van der Waals surface area contributed by atoms with Gasteiger partial charge in [0.1, 0.15) is 23.7 Å². The number of rotatable bonds is 12. The van der Waals surface area contributed by atoms with Crippen molar-refractivity contribution in [1.29, 1.82) is 0 Å². The number of halogens is 1. The maximum atomic E-state index is 14.0. The van der Waals surface area contributed by atoms with Crippen LogP contribution in [0.4, 0.5) is 5.82 Å². The summed E-state index contributed by atoms with van der Waals surface area (Å²) in [6.07, 6.45) is 2.65. The summed E-state index contributed by atoms with van der Waals surface area (Å²) in [6.45, 7) is 7.20. The van der Waals surface area contributed by atoms with E-state index in [4.69, 9.17) is 26.8 Å². The van der Waals surface area contributed by atoms with Gasteiger partial charge in [0, 0.05) is 10.6 Å². The molecule has 0 spiro atoms. The molecule has 0 fully saturated rings. The van der Waals surface area contributed by atoms with Gasteiger partial charge in [-0.15, -0.1) is 0 Å². The van der Waals surface area contributed by atoms with Crippen LogP contribution in [0, 0.1) is 0 Å². The molecule has 1 amide bonds. The fraction of sp³-hybridized carbons (Fsp3) is 0.435. The molecule has 3 rings (SSSR count). The summed E-state index contributed by atoms with van der Waals surface area (Å²) in [7, 11) is -3.84. The number of nitrogen functional groups attached to an aromatic ring is 1. The van der Waals surface area contributed by atoms with Crippen molar-refractivity contribution >= 4 is 47.9 Å². The zero-order valence-corrected chi connectivity index (χ0v) is 22.8. The molecule has 0 aliphatic carbocycles. The summed E-state index contributed by atoms with van der Waals surface area (Å²) >= 11 is 5.91. The highest BCUT2D eigenvalue weighted by atomic mass is 35.5. The molecule has 0 radical (unpaired) electrons. The molecule has 14 heteroatoms. The Morgan fingerprint density at radius 1 is 1.22 bits per heavy atom. The predicted molar refractivity (Wildman–Crippen MR) is 140 cm³/mol. The third-order valence-electron chi connectivity index (χ3n) is 5.22. The second-order valence-electron chi connectivity index (χ2n) is 8.99. The van der Waals surface area contributed by atoms with Crippen molar-refractivity contribution in [2.24, 2.45) is 0 Å². The van der Waals surface area contributed by atoms with Crippen molar-refractivity contribution in [3.05, 3.63) is 47.5 Å². The predicted octanol–water partition coefficient (Wildman–Crippen LogP) is 3.37. The van der Waals surface area contributed by atoms with E-state index in [2.05, 4.69) is 25.1 Å². The minimum Gasteiger partial charge on any atom is -0.464 e. The molecule has 2 atom stereocenters. The van der Waals surface area contributed by atoms with E-state index in [0.29, 0.717) is 29.2 Å². The molecule has 4 N–H and O–H groups in total. The molecule has 0 saturated carbocycles. The number of hydrogen-bond donors (Lipinski definition) is 3. The van der Waals surface area contributed by atoms with Crippen LogP contribution >= 0.6 is 19.0 Å². The number of aromatic nitrogens is 4. The number of esters is 1. The lowest BCUT2D eigenvalue weighted by Crippen LogP contribution is -2.49. The Labute approximate surface area is 219 Å². The maximum Gasteiger partial charge on any atom is 0.326 e. The van der Waals surface area contributed by atoms with Crippen molar-refractivity contribution in [2.45, 2.75) is 52.3 Å². The molecule has 1 aromatic carbocycles. The maximum absolute atomic E-state index is 14.0. The Morgan fingerprint density at radius 3 is 2.59 bits per heavy atom. The third kappa shape index (κ3) is 7.48. The number of amides is 1. The highest BCUT2D eigenvalue weighted by molar-refractivity contribution is 7.60. The first kappa shape index (κ1) is 28.5. The fourth-order valence-electron chi connectivity index (χ4n) is 3.39. The number of hydrogen-bond acceptors (Lipinski definition) is 9. The van der Waals surface area contributed by atoms with Crippen LogP contribution in [0.1, 0.15) is 44.5 Å². The monoisotopic (exact) mass is 551 g/mol. The van der Waals surface area contributed by atoms with Crippen LogP contribution in [-0.2, 0) is 25.4 Å². The average molecular weight is 552 g/mol. The van der Waals surface area contributed by atoms with Crippen LogP contribution in [0.3, 0.4) is 0 Å². The molecule has 0 aliphatic heterocycles. The summed E-state index contributed by atoms with van der Waals surface area (Å²) < 4.78 is 26.8. The van der Waals surface area contributed by atoms with Crippen LogP contribution in [0.25, 0.3) is 11.2 Å². The van der Waals surface area contributed by atoms with Gasteiger partial charge >= 0.3 is 5.97 Å². The molecule has 0 aliphatic rings. The van der Waals surface area contributed by atoms with Gasteiger partial charge in [-0.2, -0.15) is 0 Å². The molecule has 1 unspecified atom stereocenters. The molecule has 200 valence electrons. The zero-order chi connectivity index (χ0) is 27.2. The van der Waals surface area contributed by atoms with Gasteiger partial charge in [0.15, 0.2) is 11.5 Å². The first-order chi connectivity index (χ1) is 17.4. The number of carbonyl (C=O) groups excluding carboxylic acids is 2. The number of benzene rings is 1. The van der Waals surface area contributed by atoms with Crippen LogP contribution in [-0.4, -0.2) is 56.0 Å². The highest BCUT2D eigenvalue weighted by Crippen LogP contribution is 2.40. The molecule has 0 bridgehead atoms. The van der Waals surface area contributed by atoms with E-state index in [1.807, 2.05) is 6.92 Å². The Bertz CT molecular complexity index is 1300. The zero-order valence-electron chi connectivity index (χ0n) is 21.1. The number of nitrogens with two attached hydrogens (primary N) is 1. The molecule has 37 heavy (non-hydrogen) atoms. The number of ether oxygens (including phenoxy) is 2. The summed E-state index contributed by atoms with van der Waals surface area (Å²) in [5, 5.41) is 5.76. The van der Waals surface area contributed by atoms with Crippen molar-refractivity contribution in [3.63, 3.8) is 0 Å². The van der Waals surface area contributed by atoms with E-state index < -0.39 is 37.3 Å². The van der Waals surface area contributed by atoms with Gasteiger partial charge in [0.05, 0.1) is 25.6 Å². The standard InChI is InChI=1S/C23H31ClN7O5P/c1-5-10-35-22(33)23(3,4)30-37(34,29-21(32)16-6-8-17(24)9-7-16)14-36-15(2)11-31-13-28-18-19(25)26-12-27-20(18)31/h6-9,12-13,15H,5,10-11,14H2,1-4H3,(H2,25,26,27)(H2,29,30,32,34)/t15-,37?/m0/s1. The van der Waals surface area contributed by atoms with E-state index in [1.54, 1.807) is 30.0 Å². The summed E-state index contributed by atoms with van der Waals surface area (Å²) in [5.74, 6) is -0.965. The Kier molecular flexibility index (Phi) is 9.25. The quantitative estimate of drug-likeness (QED) is 0.224. The molecule has 12 nitrogen and oxygen atoms in total. The van der Waals surface area contributed by atoms with Crippen molar-refractivity contribution in [1.82, 2.24) is 29.7 Å². The smallest absolute Gasteiger partial charge is 0.326 e. The van der Waals surface area contributed by atoms with E-state index in [0.717, 1.165) is 0 Å². The van der Waals surface area contributed by atoms with Gasteiger partial charge in [0.25, 0.3) is 13.4 Å². The third-order valence-corrected chi connectivity index (χ3v) is 7.47. The Morgan fingerprint density at radius 2 is 1.92 bits per heavy atom. The first-order valence-electron chi connectivity index (χ1n) is 11.6. The SMILES string of the molecule is CCCOC(=O)C(C)(C)NP(=O)(CO[C@@H](C)Cn1cnc2c(N)ncnc21)NC(=O)c1ccc(Cl)cc1. The van der Waals surface area contributed by atoms with Gasteiger partial charge < -0.3 is 19.8 Å². The van der Waals surface area contributed by atoms with E-state index in [9.17, 15) is 14.2 Å². The van der Waals surface area contributed by atoms with E-state index >= 15 is 0 Å². The van der Waals surface area contributed by atoms with Crippen LogP contribution in [0.15, 0.2) is 36.9 Å².